The third-order valence-corrected chi connectivity index (χ3v) is 4.64. The first-order chi connectivity index (χ1) is 10.8. The number of halogens is 2. The maximum Gasteiger partial charge on any atom is 0.226 e. The first-order valence-electron chi connectivity index (χ1n) is 7.95. The lowest BCUT2D eigenvalue weighted by Crippen LogP contribution is -2.35. The molecule has 2 saturated heterocycles. The van der Waals surface area contributed by atoms with Crippen molar-refractivity contribution in [2.24, 2.45) is 0 Å². The van der Waals surface area contributed by atoms with Gasteiger partial charge in [0.05, 0.1) is 5.69 Å². The molecule has 0 amide bonds. The Morgan fingerprint density at radius 3 is 2.78 bits per heavy atom. The average Bonchev–Trinajstić information content (AvgIpc) is 3.09. The van der Waals surface area contributed by atoms with E-state index >= 15 is 0 Å². The lowest BCUT2D eigenvalue weighted by Gasteiger charge is -2.22. The summed E-state index contributed by atoms with van der Waals surface area (Å²) in [6.07, 6.45) is 5.52. The number of nitrogens with one attached hydrogen (secondary N) is 1. The number of hydrogen-bond donors (Lipinski definition) is 1. The van der Waals surface area contributed by atoms with E-state index in [9.17, 15) is 4.39 Å². The van der Waals surface area contributed by atoms with Gasteiger partial charge < -0.3 is 9.73 Å². The van der Waals surface area contributed by atoms with Crippen molar-refractivity contribution in [1.29, 1.82) is 0 Å². The number of benzene rings is 1. The summed E-state index contributed by atoms with van der Waals surface area (Å²) in [5.41, 5.74) is 1.75. The van der Waals surface area contributed by atoms with Crippen LogP contribution in [0.25, 0.3) is 11.5 Å². The van der Waals surface area contributed by atoms with Crippen molar-refractivity contribution >= 4 is 12.4 Å². The van der Waals surface area contributed by atoms with Crippen LogP contribution in [0.15, 0.2) is 34.9 Å². The fourth-order valence-electron chi connectivity index (χ4n) is 3.49. The minimum absolute atomic E-state index is 0. The Bertz CT molecular complexity index is 646. The van der Waals surface area contributed by atoms with Crippen molar-refractivity contribution in [2.75, 3.05) is 13.1 Å². The summed E-state index contributed by atoms with van der Waals surface area (Å²) in [5.74, 6) is 0.312. The molecule has 4 rings (SSSR count). The van der Waals surface area contributed by atoms with Gasteiger partial charge in [-0.3, -0.25) is 4.90 Å². The molecular weight excluding hydrogens is 317 g/mol. The molecule has 3 heterocycles. The number of nitrogens with zero attached hydrogens (tertiary/aromatic N) is 2. The average molecular weight is 338 g/mol. The molecule has 2 aromatic rings. The molecule has 2 unspecified atom stereocenters. The predicted molar refractivity (Wildman–Crippen MR) is 89.0 cm³/mol. The van der Waals surface area contributed by atoms with Crippen molar-refractivity contribution in [3.05, 3.63) is 42.0 Å². The molecule has 1 aromatic carbocycles. The Morgan fingerprint density at radius 1 is 1.17 bits per heavy atom. The van der Waals surface area contributed by atoms with Crippen LogP contribution in [-0.2, 0) is 6.54 Å². The van der Waals surface area contributed by atoms with E-state index in [0.717, 1.165) is 30.9 Å². The molecule has 23 heavy (non-hydrogen) atoms. The summed E-state index contributed by atoms with van der Waals surface area (Å²) in [4.78, 5) is 6.99. The highest BCUT2D eigenvalue weighted by atomic mass is 35.5. The summed E-state index contributed by atoms with van der Waals surface area (Å²) < 4.78 is 18.5. The van der Waals surface area contributed by atoms with Crippen LogP contribution in [0, 0.1) is 5.82 Å². The lowest BCUT2D eigenvalue weighted by molar-refractivity contribution is 0.248. The van der Waals surface area contributed by atoms with Gasteiger partial charge in [-0.15, -0.1) is 12.4 Å². The van der Waals surface area contributed by atoms with Crippen LogP contribution in [0.4, 0.5) is 4.39 Å². The topological polar surface area (TPSA) is 41.3 Å². The SMILES string of the molecule is Cl.Fc1ccc(-c2nc(CN3CCC4CCC(C3)N4)co2)cc1. The van der Waals surface area contributed by atoms with Gasteiger partial charge in [0.15, 0.2) is 0 Å². The van der Waals surface area contributed by atoms with Crippen molar-refractivity contribution in [1.82, 2.24) is 15.2 Å². The van der Waals surface area contributed by atoms with Crippen molar-refractivity contribution in [2.45, 2.75) is 37.9 Å². The second-order valence-corrected chi connectivity index (χ2v) is 6.31. The second kappa shape index (κ2) is 6.99. The molecule has 6 heteroatoms. The third-order valence-electron chi connectivity index (χ3n) is 4.64. The molecule has 2 bridgehead atoms. The Labute approximate surface area is 141 Å². The largest absolute Gasteiger partial charge is 0.444 e. The number of rotatable bonds is 3. The van der Waals surface area contributed by atoms with E-state index in [-0.39, 0.29) is 18.2 Å². The molecule has 0 aliphatic carbocycles. The fraction of sp³-hybridized carbons (Fsp3) is 0.471. The van der Waals surface area contributed by atoms with E-state index in [0.29, 0.717) is 18.0 Å². The molecule has 2 fully saturated rings. The van der Waals surface area contributed by atoms with Gasteiger partial charge in [-0.2, -0.15) is 0 Å². The Hall–Kier alpha value is -1.43. The van der Waals surface area contributed by atoms with Crippen LogP contribution in [0.1, 0.15) is 25.0 Å². The van der Waals surface area contributed by atoms with E-state index in [4.69, 9.17) is 4.42 Å². The third kappa shape index (κ3) is 3.74. The van der Waals surface area contributed by atoms with E-state index in [1.807, 2.05) is 0 Å². The molecule has 1 N–H and O–H groups in total. The van der Waals surface area contributed by atoms with Gasteiger partial charge in [-0.25, -0.2) is 9.37 Å². The van der Waals surface area contributed by atoms with Crippen LogP contribution >= 0.6 is 12.4 Å². The van der Waals surface area contributed by atoms with E-state index in [1.54, 1.807) is 18.4 Å². The molecule has 4 nitrogen and oxygen atoms in total. The molecule has 0 spiro atoms. The summed E-state index contributed by atoms with van der Waals surface area (Å²) in [7, 11) is 0. The zero-order chi connectivity index (χ0) is 14.9. The molecule has 2 atom stereocenters. The minimum Gasteiger partial charge on any atom is -0.444 e. The first-order valence-corrected chi connectivity index (χ1v) is 7.95. The van der Waals surface area contributed by atoms with Gasteiger partial charge in [-0.1, -0.05) is 0 Å². The standard InChI is InChI=1S/C17H20FN3O.ClH/c18-13-3-1-12(2-4-13)17-20-16(11-22-17)10-21-8-7-14-5-6-15(9-21)19-14;/h1-4,11,14-15,19H,5-10H2;1H. The molecule has 124 valence electrons. The highest BCUT2D eigenvalue weighted by molar-refractivity contribution is 5.85. The Morgan fingerprint density at radius 2 is 1.96 bits per heavy atom. The quantitative estimate of drug-likeness (QED) is 0.933. The zero-order valence-corrected chi connectivity index (χ0v) is 13.7. The fourth-order valence-corrected chi connectivity index (χ4v) is 3.49. The number of likely N-dealkylation sites (tertiary alicyclic amines) is 1. The highest BCUT2D eigenvalue weighted by Gasteiger charge is 2.29. The summed E-state index contributed by atoms with van der Waals surface area (Å²) in [6, 6.07) is 7.56. The van der Waals surface area contributed by atoms with Crippen LogP contribution in [-0.4, -0.2) is 35.1 Å². The first kappa shape index (κ1) is 16.4. The van der Waals surface area contributed by atoms with E-state index < -0.39 is 0 Å². The summed E-state index contributed by atoms with van der Waals surface area (Å²) in [5, 5.41) is 3.68. The highest BCUT2D eigenvalue weighted by Crippen LogP contribution is 2.23. The van der Waals surface area contributed by atoms with Gasteiger partial charge >= 0.3 is 0 Å². The molecule has 1 aromatic heterocycles. The van der Waals surface area contributed by atoms with Gasteiger partial charge in [0, 0.05) is 37.3 Å². The Kier molecular flexibility index (Phi) is 4.99. The van der Waals surface area contributed by atoms with Gasteiger partial charge in [-0.05, 0) is 43.5 Å². The zero-order valence-electron chi connectivity index (χ0n) is 12.9. The molecule has 2 aliphatic rings. The number of fused-ring (bicyclic) bond motifs is 2. The summed E-state index contributed by atoms with van der Waals surface area (Å²) in [6.45, 7) is 3.00. The van der Waals surface area contributed by atoms with Crippen molar-refractivity contribution in [3.8, 4) is 11.5 Å². The van der Waals surface area contributed by atoms with Crippen molar-refractivity contribution < 1.29 is 8.81 Å². The van der Waals surface area contributed by atoms with E-state index in [1.165, 1.54) is 31.4 Å². The van der Waals surface area contributed by atoms with Crippen molar-refractivity contribution in [3.63, 3.8) is 0 Å². The Balaban J connectivity index is 0.00000156. The molecule has 2 aliphatic heterocycles. The maximum absolute atomic E-state index is 13.0. The predicted octanol–water partition coefficient (Wildman–Crippen LogP) is 3.23. The smallest absolute Gasteiger partial charge is 0.226 e. The van der Waals surface area contributed by atoms with Crippen LogP contribution in [0.3, 0.4) is 0 Å². The second-order valence-electron chi connectivity index (χ2n) is 6.31. The number of oxazole rings is 1. The van der Waals surface area contributed by atoms with Gasteiger partial charge in [0.2, 0.25) is 5.89 Å². The van der Waals surface area contributed by atoms with Gasteiger partial charge in [0.1, 0.15) is 12.1 Å². The number of hydrogen-bond acceptors (Lipinski definition) is 4. The normalized spacial score (nSPS) is 24.2. The monoisotopic (exact) mass is 337 g/mol. The van der Waals surface area contributed by atoms with E-state index in [2.05, 4.69) is 15.2 Å². The molecular formula is C17H21ClFN3O. The lowest BCUT2D eigenvalue weighted by atomic mass is 10.1. The molecule has 0 saturated carbocycles. The molecule has 0 radical (unpaired) electrons. The van der Waals surface area contributed by atoms with Gasteiger partial charge in [0.25, 0.3) is 0 Å². The minimum atomic E-state index is -0.248. The van der Waals surface area contributed by atoms with Crippen LogP contribution in [0.2, 0.25) is 0 Å². The number of aromatic nitrogens is 1. The van der Waals surface area contributed by atoms with Crippen LogP contribution < -0.4 is 5.32 Å². The van der Waals surface area contributed by atoms with Crippen LogP contribution in [0.5, 0.6) is 0 Å². The summed E-state index contributed by atoms with van der Waals surface area (Å²) >= 11 is 0. The maximum atomic E-state index is 13.0.